The third kappa shape index (κ3) is 4.24. The number of benzene rings is 3. The number of halogens is 2. The SMILES string of the molecule is Cc1ccc(-c2cc(C(=O)c3ccc(Cl)cc3)sc2C(=O)c2ccc(Cl)cc2)cc1. The van der Waals surface area contributed by atoms with Gasteiger partial charge < -0.3 is 0 Å². The molecule has 0 atom stereocenters. The smallest absolute Gasteiger partial charge is 0.203 e. The van der Waals surface area contributed by atoms with E-state index in [1.165, 1.54) is 11.3 Å². The van der Waals surface area contributed by atoms with Crippen molar-refractivity contribution in [3.05, 3.63) is 115 Å². The predicted octanol–water partition coefficient (Wildman–Crippen LogP) is 7.49. The maximum atomic E-state index is 13.3. The van der Waals surface area contributed by atoms with Gasteiger partial charge in [-0.25, -0.2) is 0 Å². The molecule has 2 nitrogen and oxygen atoms in total. The molecule has 148 valence electrons. The van der Waals surface area contributed by atoms with E-state index in [1.807, 2.05) is 31.2 Å². The molecule has 0 amide bonds. The molecule has 0 spiro atoms. The Morgan fingerprint density at radius 3 is 1.73 bits per heavy atom. The van der Waals surface area contributed by atoms with Gasteiger partial charge in [-0.15, -0.1) is 11.3 Å². The molecule has 0 aliphatic carbocycles. The minimum Gasteiger partial charge on any atom is -0.288 e. The van der Waals surface area contributed by atoms with E-state index in [1.54, 1.807) is 54.6 Å². The molecule has 3 aromatic carbocycles. The lowest BCUT2D eigenvalue weighted by Gasteiger charge is -2.04. The van der Waals surface area contributed by atoms with Gasteiger partial charge in [0.05, 0.1) is 9.75 Å². The van der Waals surface area contributed by atoms with Crippen LogP contribution in [0.3, 0.4) is 0 Å². The van der Waals surface area contributed by atoms with Crippen LogP contribution in [0.2, 0.25) is 10.0 Å². The van der Waals surface area contributed by atoms with Gasteiger partial charge in [-0.05, 0) is 67.1 Å². The normalized spacial score (nSPS) is 10.8. The maximum Gasteiger partial charge on any atom is 0.203 e. The van der Waals surface area contributed by atoms with E-state index in [0.29, 0.717) is 30.9 Å². The van der Waals surface area contributed by atoms with E-state index >= 15 is 0 Å². The first kappa shape index (κ1) is 20.5. The van der Waals surface area contributed by atoms with Crippen LogP contribution in [0.15, 0.2) is 78.9 Å². The summed E-state index contributed by atoms with van der Waals surface area (Å²) in [6, 6.07) is 23.2. The van der Waals surface area contributed by atoms with Crippen molar-refractivity contribution in [1.29, 1.82) is 0 Å². The summed E-state index contributed by atoms with van der Waals surface area (Å²) in [7, 11) is 0. The predicted molar refractivity (Wildman–Crippen MR) is 124 cm³/mol. The van der Waals surface area contributed by atoms with Gasteiger partial charge in [-0.1, -0.05) is 53.0 Å². The van der Waals surface area contributed by atoms with Gasteiger partial charge >= 0.3 is 0 Å². The Balaban J connectivity index is 1.81. The Morgan fingerprint density at radius 1 is 0.700 bits per heavy atom. The number of rotatable bonds is 5. The van der Waals surface area contributed by atoms with Gasteiger partial charge in [0.25, 0.3) is 0 Å². The highest BCUT2D eigenvalue weighted by atomic mass is 35.5. The minimum absolute atomic E-state index is 0.137. The summed E-state index contributed by atoms with van der Waals surface area (Å²) in [6.07, 6.45) is 0. The summed E-state index contributed by atoms with van der Waals surface area (Å²) in [5.74, 6) is -0.275. The first-order chi connectivity index (χ1) is 14.4. The molecular formula is C25H16Cl2O2S. The first-order valence-electron chi connectivity index (χ1n) is 9.24. The van der Waals surface area contributed by atoms with Crippen molar-refractivity contribution in [2.45, 2.75) is 6.92 Å². The van der Waals surface area contributed by atoms with Crippen LogP contribution in [0.5, 0.6) is 0 Å². The highest BCUT2D eigenvalue weighted by Gasteiger charge is 2.22. The first-order valence-corrected chi connectivity index (χ1v) is 10.8. The van der Waals surface area contributed by atoms with Crippen molar-refractivity contribution in [1.82, 2.24) is 0 Å². The molecular weight excluding hydrogens is 435 g/mol. The third-order valence-corrected chi connectivity index (χ3v) is 6.37. The van der Waals surface area contributed by atoms with Crippen molar-refractivity contribution in [2.24, 2.45) is 0 Å². The molecule has 4 aromatic rings. The number of hydrogen-bond donors (Lipinski definition) is 0. The van der Waals surface area contributed by atoms with E-state index < -0.39 is 0 Å². The Bertz CT molecular complexity index is 1220. The van der Waals surface area contributed by atoms with Gasteiger partial charge in [0.2, 0.25) is 11.6 Å². The second-order valence-electron chi connectivity index (χ2n) is 6.89. The van der Waals surface area contributed by atoms with Crippen LogP contribution in [0.25, 0.3) is 11.1 Å². The molecule has 0 aliphatic rings. The Hall–Kier alpha value is -2.72. The van der Waals surface area contributed by atoms with Gasteiger partial charge in [-0.2, -0.15) is 0 Å². The van der Waals surface area contributed by atoms with Gasteiger partial charge in [0.1, 0.15) is 0 Å². The van der Waals surface area contributed by atoms with Crippen LogP contribution < -0.4 is 0 Å². The lowest BCUT2D eigenvalue weighted by atomic mass is 9.99. The molecule has 0 fully saturated rings. The van der Waals surface area contributed by atoms with Crippen molar-refractivity contribution in [3.8, 4) is 11.1 Å². The summed E-state index contributed by atoms with van der Waals surface area (Å²) < 4.78 is 0. The van der Waals surface area contributed by atoms with Crippen LogP contribution >= 0.6 is 34.5 Å². The van der Waals surface area contributed by atoms with Gasteiger partial charge in [0.15, 0.2) is 0 Å². The fourth-order valence-corrected chi connectivity index (χ4v) is 4.45. The number of aryl methyl sites for hydroxylation is 1. The highest BCUT2D eigenvalue weighted by Crippen LogP contribution is 2.35. The average molecular weight is 451 g/mol. The molecule has 0 N–H and O–H groups in total. The Labute approximate surface area is 188 Å². The van der Waals surface area contributed by atoms with Crippen LogP contribution in [0.4, 0.5) is 0 Å². The van der Waals surface area contributed by atoms with Crippen LogP contribution in [-0.4, -0.2) is 11.6 Å². The number of carbonyl (C=O) groups excluding carboxylic acids is 2. The number of hydrogen-bond acceptors (Lipinski definition) is 3. The van der Waals surface area contributed by atoms with E-state index in [-0.39, 0.29) is 11.6 Å². The molecule has 0 bridgehead atoms. The van der Waals surface area contributed by atoms with E-state index in [9.17, 15) is 9.59 Å². The monoisotopic (exact) mass is 450 g/mol. The van der Waals surface area contributed by atoms with Crippen molar-refractivity contribution in [3.63, 3.8) is 0 Å². The molecule has 0 aliphatic heterocycles. The summed E-state index contributed by atoms with van der Waals surface area (Å²) in [4.78, 5) is 27.4. The Kier molecular flexibility index (Phi) is 5.87. The molecule has 1 heterocycles. The zero-order chi connectivity index (χ0) is 21.3. The molecule has 0 saturated carbocycles. The second-order valence-corrected chi connectivity index (χ2v) is 8.82. The number of thiophene rings is 1. The zero-order valence-corrected chi connectivity index (χ0v) is 18.3. The van der Waals surface area contributed by atoms with Gasteiger partial charge in [0, 0.05) is 26.7 Å². The molecule has 4 rings (SSSR count). The van der Waals surface area contributed by atoms with E-state index in [4.69, 9.17) is 23.2 Å². The zero-order valence-electron chi connectivity index (χ0n) is 16.0. The minimum atomic E-state index is -0.139. The molecule has 5 heteroatoms. The largest absolute Gasteiger partial charge is 0.288 e. The quantitative estimate of drug-likeness (QED) is 0.295. The van der Waals surface area contributed by atoms with E-state index in [2.05, 4.69) is 0 Å². The van der Waals surface area contributed by atoms with Crippen molar-refractivity contribution in [2.75, 3.05) is 0 Å². The molecule has 1 aromatic heterocycles. The molecule has 0 unspecified atom stereocenters. The summed E-state index contributed by atoms with van der Waals surface area (Å²) >= 11 is 13.1. The molecule has 0 radical (unpaired) electrons. The highest BCUT2D eigenvalue weighted by molar-refractivity contribution is 7.17. The Morgan fingerprint density at radius 2 is 1.20 bits per heavy atom. The fourth-order valence-electron chi connectivity index (χ4n) is 3.10. The number of ketones is 2. The van der Waals surface area contributed by atoms with Crippen LogP contribution in [0.1, 0.15) is 36.0 Å². The topological polar surface area (TPSA) is 34.1 Å². The van der Waals surface area contributed by atoms with E-state index in [0.717, 1.165) is 16.7 Å². The molecule has 30 heavy (non-hydrogen) atoms. The molecule has 0 saturated heterocycles. The summed E-state index contributed by atoms with van der Waals surface area (Å²) in [5, 5.41) is 1.13. The summed E-state index contributed by atoms with van der Waals surface area (Å²) in [5.41, 5.74) is 3.82. The second kappa shape index (κ2) is 8.57. The average Bonchev–Trinajstić information content (AvgIpc) is 3.20. The fraction of sp³-hybridized carbons (Fsp3) is 0.0400. The maximum absolute atomic E-state index is 13.3. The van der Waals surface area contributed by atoms with Crippen molar-refractivity contribution < 1.29 is 9.59 Å². The summed E-state index contributed by atoms with van der Waals surface area (Å²) in [6.45, 7) is 2.01. The van der Waals surface area contributed by atoms with Crippen molar-refractivity contribution >= 4 is 46.1 Å². The standard InChI is InChI=1S/C25H16Cl2O2S/c1-15-2-4-16(5-3-15)21-14-22(23(28)17-6-10-19(26)11-7-17)30-25(21)24(29)18-8-12-20(27)13-9-18/h2-14H,1H3. The van der Waals surface area contributed by atoms with Crippen LogP contribution in [0, 0.1) is 6.92 Å². The van der Waals surface area contributed by atoms with Crippen LogP contribution in [-0.2, 0) is 0 Å². The lowest BCUT2D eigenvalue weighted by Crippen LogP contribution is -2.00. The lowest BCUT2D eigenvalue weighted by molar-refractivity contribution is 0.103. The van der Waals surface area contributed by atoms with Gasteiger partial charge in [-0.3, -0.25) is 9.59 Å². The number of carbonyl (C=O) groups is 2. The third-order valence-electron chi connectivity index (χ3n) is 4.74.